The Morgan fingerprint density at radius 3 is 2.69 bits per heavy atom. The molecule has 4 aromatic rings. The van der Waals surface area contributed by atoms with E-state index in [0.29, 0.717) is 10.7 Å². The van der Waals surface area contributed by atoms with Crippen LogP contribution in [0.3, 0.4) is 0 Å². The monoisotopic (exact) mass is 361 g/mol. The van der Waals surface area contributed by atoms with Crippen molar-refractivity contribution in [2.45, 2.75) is 0 Å². The molecular weight excluding hydrogens is 346 g/mol. The highest BCUT2D eigenvalue weighted by molar-refractivity contribution is 7.19. The van der Waals surface area contributed by atoms with Crippen molar-refractivity contribution >= 4 is 28.4 Å². The molecular formula is C20H15N3O2S. The topological polar surface area (TPSA) is 56.5 Å². The van der Waals surface area contributed by atoms with Gasteiger partial charge in [0.1, 0.15) is 10.8 Å². The van der Waals surface area contributed by atoms with E-state index in [4.69, 9.17) is 4.74 Å². The van der Waals surface area contributed by atoms with E-state index >= 15 is 0 Å². The van der Waals surface area contributed by atoms with Gasteiger partial charge in [-0.05, 0) is 23.8 Å². The summed E-state index contributed by atoms with van der Waals surface area (Å²) in [7, 11) is 1.62. The second-order valence-corrected chi connectivity index (χ2v) is 6.55. The number of nitrogens with zero attached hydrogens (tertiary/aromatic N) is 3. The van der Waals surface area contributed by atoms with Gasteiger partial charge in [0.25, 0.3) is 5.56 Å². The first kappa shape index (κ1) is 16.2. The van der Waals surface area contributed by atoms with Crippen LogP contribution in [-0.2, 0) is 0 Å². The molecule has 0 aliphatic heterocycles. The maximum Gasteiger partial charge on any atom is 0.275 e. The molecule has 2 aromatic carbocycles. The summed E-state index contributed by atoms with van der Waals surface area (Å²) in [5.41, 5.74) is 2.35. The first-order valence-corrected chi connectivity index (χ1v) is 8.83. The number of benzene rings is 2. The van der Waals surface area contributed by atoms with Gasteiger partial charge in [-0.25, -0.2) is 4.98 Å². The molecule has 0 fully saturated rings. The normalized spacial score (nSPS) is 11.3. The van der Waals surface area contributed by atoms with Gasteiger partial charge in [0.05, 0.1) is 12.8 Å². The van der Waals surface area contributed by atoms with E-state index < -0.39 is 0 Å². The second-order valence-electron chi connectivity index (χ2n) is 5.60. The van der Waals surface area contributed by atoms with Gasteiger partial charge in [0.15, 0.2) is 0 Å². The molecule has 0 radical (unpaired) electrons. The fourth-order valence-electron chi connectivity index (χ4n) is 2.53. The lowest BCUT2D eigenvalue weighted by Gasteiger charge is -2.00. The summed E-state index contributed by atoms with van der Waals surface area (Å²) in [4.78, 5) is 17.5. The zero-order valence-corrected chi connectivity index (χ0v) is 14.8. The maximum atomic E-state index is 12.4. The minimum atomic E-state index is -0.201. The van der Waals surface area contributed by atoms with Crippen LogP contribution in [0, 0.1) is 0 Å². The Kier molecular flexibility index (Phi) is 4.33. The molecule has 0 bridgehead atoms. The van der Waals surface area contributed by atoms with Crippen molar-refractivity contribution in [2.24, 2.45) is 0 Å². The van der Waals surface area contributed by atoms with Gasteiger partial charge >= 0.3 is 0 Å². The molecule has 6 heteroatoms. The lowest BCUT2D eigenvalue weighted by Crippen LogP contribution is -2.14. The van der Waals surface area contributed by atoms with Crippen LogP contribution in [0.1, 0.15) is 11.3 Å². The molecule has 0 unspecified atom stereocenters. The SMILES string of the molecule is COc1cccc(-c2nn3c(=O)cc(/C=C/c4ccccc4)nc3s2)c1. The van der Waals surface area contributed by atoms with Crippen molar-refractivity contribution in [3.05, 3.63) is 82.3 Å². The molecule has 5 nitrogen and oxygen atoms in total. The highest BCUT2D eigenvalue weighted by Gasteiger charge is 2.10. The molecule has 0 atom stereocenters. The fourth-order valence-corrected chi connectivity index (χ4v) is 3.44. The number of hydrogen-bond donors (Lipinski definition) is 0. The molecule has 26 heavy (non-hydrogen) atoms. The fraction of sp³-hybridized carbons (Fsp3) is 0.0500. The van der Waals surface area contributed by atoms with Crippen LogP contribution in [0.4, 0.5) is 0 Å². The smallest absolute Gasteiger partial charge is 0.275 e. The van der Waals surface area contributed by atoms with E-state index in [2.05, 4.69) is 10.1 Å². The molecule has 0 saturated heterocycles. The van der Waals surface area contributed by atoms with Crippen molar-refractivity contribution in [1.82, 2.24) is 14.6 Å². The molecule has 2 aromatic heterocycles. The Balaban J connectivity index is 1.73. The Bertz CT molecular complexity index is 1150. The molecule has 0 aliphatic rings. The van der Waals surface area contributed by atoms with E-state index in [0.717, 1.165) is 21.9 Å². The molecule has 0 saturated carbocycles. The van der Waals surface area contributed by atoms with Crippen LogP contribution >= 0.6 is 11.3 Å². The van der Waals surface area contributed by atoms with Crippen molar-refractivity contribution in [1.29, 1.82) is 0 Å². The Hall–Kier alpha value is -3.25. The van der Waals surface area contributed by atoms with E-state index in [1.165, 1.54) is 21.9 Å². The standard InChI is InChI=1S/C20H15N3O2S/c1-25-17-9-5-8-15(12-17)19-22-23-18(24)13-16(21-20(23)26-19)11-10-14-6-3-2-4-7-14/h2-13H,1H3/b11-10+. The van der Waals surface area contributed by atoms with Gasteiger partial charge in [0, 0.05) is 11.6 Å². The van der Waals surface area contributed by atoms with Crippen molar-refractivity contribution in [2.75, 3.05) is 7.11 Å². The summed E-state index contributed by atoms with van der Waals surface area (Å²) >= 11 is 1.37. The summed E-state index contributed by atoms with van der Waals surface area (Å²) in [5.74, 6) is 0.744. The lowest BCUT2D eigenvalue weighted by molar-refractivity contribution is 0.415. The van der Waals surface area contributed by atoms with E-state index in [-0.39, 0.29) is 5.56 Å². The molecule has 0 N–H and O–H groups in total. The van der Waals surface area contributed by atoms with Gasteiger partial charge in [-0.3, -0.25) is 4.79 Å². The second kappa shape index (κ2) is 6.93. The molecule has 0 spiro atoms. The predicted octanol–water partition coefficient (Wildman–Crippen LogP) is 4.00. The molecule has 0 amide bonds. The summed E-state index contributed by atoms with van der Waals surface area (Å²) in [6, 6.07) is 19.0. The lowest BCUT2D eigenvalue weighted by atomic mass is 10.2. The first-order chi connectivity index (χ1) is 12.7. The minimum absolute atomic E-state index is 0.201. The van der Waals surface area contributed by atoms with Gasteiger partial charge in [0.2, 0.25) is 4.96 Å². The van der Waals surface area contributed by atoms with Crippen LogP contribution in [0.2, 0.25) is 0 Å². The van der Waals surface area contributed by atoms with E-state index in [1.807, 2.05) is 66.7 Å². The van der Waals surface area contributed by atoms with Gasteiger partial charge in [-0.15, -0.1) is 0 Å². The van der Waals surface area contributed by atoms with Crippen molar-refractivity contribution in [3.63, 3.8) is 0 Å². The van der Waals surface area contributed by atoms with Gasteiger partial charge < -0.3 is 4.74 Å². The minimum Gasteiger partial charge on any atom is -0.497 e. The largest absolute Gasteiger partial charge is 0.497 e. The highest BCUT2D eigenvalue weighted by Crippen LogP contribution is 2.27. The number of aromatic nitrogens is 3. The average molecular weight is 361 g/mol. The first-order valence-electron chi connectivity index (χ1n) is 8.01. The van der Waals surface area contributed by atoms with Gasteiger partial charge in [-0.1, -0.05) is 59.9 Å². The Morgan fingerprint density at radius 2 is 1.88 bits per heavy atom. The third kappa shape index (κ3) is 3.27. The van der Waals surface area contributed by atoms with Crippen LogP contribution in [0.15, 0.2) is 65.5 Å². The summed E-state index contributed by atoms with van der Waals surface area (Å²) in [5, 5.41) is 5.12. The maximum absolute atomic E-state index is 12.4. The summed E-state index contributed by atoms with van der Waals surface area (Å²) < 4.78 is 6.58. The Labute approximate surface area is 153 Å². The van der Waals surface area contributed by atoms with Crippen LogP contribution < -0.4 is 10.3 Å². The quantitative estimate of drug-likeness (QED) is 0.551. The number of fused-ring (bicyclic) bond motifs is 1. The van der Waals surface area contributed by atoms with Crippen molar-refractivity contribution < 1.29 is 4.74 Å². The average Bonchev–Trinajstić information content (AvgIpc) is 3.12. The number of rotatable bonds is 4. The summed E-state index contributed by atoms with van der Waals surface area (Å²) in [6.07, 6.45) is 3.77. The zero-order valence-electron chi connectivity index (χ0n) is 14.0. The number of ether oxygens (including phenoxy) is 1. The summed E-state index contributed by atoms with van der Waals surface area (Å²) in [6.45, 7) is 0. The van der Waals surface area contributed by atoms with E-state index in [1.54, 1.807) is 7.11 Å². The van der Waals surface area contributed by atoms with Crippen LogP contribution in [0.5, 0.6) is 5.75 Å². The molecule has 0 aliphatic carbocycles. The molecule has 2 heterocycles. The van der Waals surface area contributed by atoms with E-state index in [9.17, 15) is 4.79 Å². The Morgan fingerprint density at radius 1 is 1.04 bits per heavy atom. The number of hydrogen-bond acceptors (Lipinski definition) is 5. The molecule has 128 valence electrons. The van der Waals surface area contributed by atoms with Crippen LogP contribution in [-0.4, -0.2) is 21.7 Å². The predicted molar refractivity (Wildman–Crippen MR) is 104 cm³/mol. The number of methoxy groups -OCH3 is 1. The third-order valence-corrected chi connectivity index (χ3v) is 4.79. The highest BCUT2D eigenvalue weighted by atomic mass is 32.1. The molecule has 4 rings (SSSR count). The van der Waals surface area contributed by atoms with Gasteiger partial charge in [-0.2, -0.15) is 9.61 Å². The zero-order chi connectivity index (χ0) is 17.9. The van der Waals surface area contributed by atoms with Crippen molar-refractivity contribution in [3.8, 4) is 16.3 Å². The third-order valence-electron chi connectivity index (χ3n) is 3.83. The van der Waals surface area contributed by atoms with Crippen LogP contribution in [0.25, 0.3) is 27.7 Å².